The molecule has 1 aromatic heterocycles. The molecule has 1 aromatic rings. The lowest BCUT2D eigenvalue weighted by Crippen LogP contribution is -2.22. The number of nitrogens with zero attached hydrogens (tertiary/aromatic N) is 2. The highest BCUT2D eigenvalue weighted by atomic mass is 16.7. The van der Waals surface area contributed by atoms with Crippen LogP contribution in [0.1, 0.15) is 6.92 Å². The Bertz CT molecular complexity index is 186. The van der Waals surface area contributed by atoms with Gasteiger partial charge in [-0.2, -0.15) is 0 Å². The quantitative estimate of drug-likeness (QED) is 0.640. The lowest BCUT2D eigenvalue weighted by Gasteiger charge is -2.10. The molecule has 1 N–H and O–H groups in total. The van der Waals surface area contributed by atoms with E-state index in [9.17, 15) is 0 Å². The van der Waals surface area contributed by atoms with Crippen molar-refractivity contribution >= 4 is 0 Å². The van der Waals surface area contributed by atoms with Crippen molar-refractivity contribution in [3.8, 4) is 0 Å². The van der Waals surface area contributed by atoms with Gasteiger partial charge in [0.2, 0.25) is 0 Å². The molecule has 0 aliphatic carbocycles. The van der Waals surface area contributed by atoms with E-state index in [1.54, 1.807) is 19.6 Å². The maximum atomic E-state index is 5.12. The Balaban J connectivity index is 2.31. The molecule has 0 unspecified atom stereocenters. The van der Waals surface area contributed by atoms with Crippen molar-refractivity contribution in [2.75, 3.05) is 7.05 Å². The molecule has 0 radical (unpaired) electrons. The summed E-state index contributed by atoms with van der Waals surface area (Å²) in [5, 5.41) is 0. The number of hydrogen-bond donors (Lipinski definition) is 1. The van der Waals surface area contributed by atoms with E-state index in [2.05, 4.69) is 10.5 Å². The molecule has 11 heavy (non-hydrogen) atoms. The molecule has 0 aromatic carbocycles. The van der Waals surface area contributed by atoms with E-state index in [4.69, 9.17) is 4.84 Å². The van der Waals surface area contributed by atoms with Crippen molar-refractivity contribution < 1.29 is 4.84 Å². The van der Waals surface area contributed by atoms with Gasteiger partial charge in [0.05, 0.1) is 19.0 Å². The number of imidazole rings is 1. The summed E-state index contributed by atoms with van der Waals surface area (Å²) in [5.41, 5.74) is 2.65. The summed E-state index contributed by atoms with van der Waals surface area (Å²) in [6.07, 6.45) is 5.60. The molecule has 0 bridgehead atoms. The highest BCUT2D eigenvalue weighted by Gasteiger charge is 2.00. The summed E-state index contributed by atoms with van der Waals surface area (Å²) < 4.78 is 1.97. The van der Waals surface area contributed by atoms with Crippen molar-refractivity contribution in [1.29, 1.82) is 0 Å². The largest absolute Gasteiger partial charge is 0.335 e. The van der Waals surface area contributed by atoms with E-state index in [0.717, 1.165) is 6.54 Å². The monoisotopic (exact) mass is 155 g/mol. The molecular weight excluding hydrogens is 142 g/mol. The fraction of sp³-hybridized carbons (Fsp3) is 0.571. The second kappa shape index (κ2) is 4.10. The van der Waals surface area contributed by atoms with E-state index in [0.29, 0.717) is 0 Å². The molecule has 1 atom stereocenters. The average molecular weight is 155 g/mol. The first-order chi connectivity index (χ1) is 5.33. The van der Waals surface area contributed by atoms with Crippen LogP contribution in [0.5, 0.6) is 0 Å². The fourth-order valence-corrected chi connectivity index (χ4v) is 0.930. The molecule has 4 heteroatoms. The third-order valence-corrected chi connectivity index (χ3v) is 1.35. The zero-order chi connectivity index (χ0) is 8.10. The molecule has 0 spiro atoms. The second-order valence-electron chi connectivity index (χ2n) is 2.39. The zero-order valence-electron chi connectivity index (χ0n) is 6.82. The molecule has 1 rings (SSSR count). The van der Waals surface area contributed by atoms with Crippen LogP contribution in [-0.4, -0.2) is 22.7 Å². The maximum Gasteiger partial charge on any atom is 0.0946 e. The molecule has 62 valence electrons. The van der Waals surface area contributed by atoms with Gasteiger partial charge in [-0.3, -0.25) is 4.84 Å². The molecule has 0 amide bonds. The van der Waals surface area contributed by atoms with Crippen LogP contribution in [0.4, 0.5) is 0 Å². The van der Waals surface area contributed by atoms with E-state index in [1.807, 2.05) is 17.7 Å². The lowest BCUT2D eigenvalue weighted by molar-refractivity contribution is -0.00988. The Kier molecular flexibility index (Phi) is 3.07. The van der Waals surface area contributed by atoms with Gasteiger partial charge in [-0.25, -0.2) is 10.5 Å². The van der Waals surface area contributed by atoms with E-state index in [-0.39, 0.29) is 6.10 Å². The molecule has 0 aliphatic heterocycles. The molecule has 0 saturated carbocycles. The summed E-state index contributed by atoms with van der Waals surface area (Å²) in [6, 6.07) is 0. The molecule has 0 aliphatic rings. The van der Waals surface area contributed by atoms with Crippen LogP contribution in [0.2, 0.25) is 0 Å². The Morgan fingerprint density at radius 1 is 1.73 bits per heavy atom. The van der Waals surface area contributed by atoms with Gasteiger partial charge in [-0.15, -0.1) is 0 Å². The Labute approximate surface area is 66.1 Å². The van der Waals surface area contributed by atoms with Crippen LogP contribution in [0.25, 0.3) is 0 Å². The molecule has 0 fully saturated rings. The highest BCUT2D eigenvalue weighted by molar-refractivity contribution is 4.74. The van der Waals surface area contributed by atoms with Gasteiger partial charge in [0.1, 0.15) is 0 Å². The van der Waals surface area contributed by atoms with Gasteiger partial charge in [0.15, 0.2) is 0 Å². The smallest absolute Gasteiger partial charge is 0.0946 e. The molecule has 4 nitrogen and oxygen atoms in total. The van der Waals surface area contributed by atoms with Gasteiger partial charge in [0.25, 0.3) is 0 Å². The first-order valence-electron chi connectivity index (χ1n) is 3.61. The fourth-order valence-electron chi connectivity index (χ4n) is 0.930. The first kappa shape index (κ1) is 8.23. The summed E-state index contributed by atoms with van der Waals surface area (Å²) in [5.74, 6) is 0. The summed E-state index contributed by atoms with van der Waals surface area (Å²) in [4.78, 5) is 9.04. The van der Waals surface area contributed by atoms with Gasteiger partial charge < -0.3 is 4.57 Å². The SMILES string of the molecule is CNO[C@H](C)Cn1ccnc1. The van der Waals surface area contributed by atoms with Crippen LogP contribution in [0, 0.1) is 0 Å². The average Bonchev–Trinajstić information content (AvgIpc) is 2.40. The van der Waals surface area contributed by atoms with Crippen molar-refractivity contribution in [2.45, 2.75) is 19.6 Å². The molecular formula is C7H13N3O. The predicted molar refractivity (Wildman–Crippen MR) is 41.8 cm³/mol. The minimum Gasteiger partial charge on any atom is -0.335 e. The standard InChI is InChI=1S/C7H13N3O/c1-7(11-8-2)5-10-4-3-9-6-10/h3-4,6-8H,5H2,1-2H3/t7-/m1/s1. The first-order valence-corrected chi connectivity index (χ1v) is 3.61. The van der Waals surface area contributed by atoms with E-state index < -0.39 is 0 Å². The van der Waals surface area contributed by atoms with Crippen molar-refractivity contribution in [3.05, 3.63) is 18.7 Å². The number of nitrogens with one attached hydrogen (secondary N) is 1. The molecule has 0 saturated heterocycles. The van der Waals surface area contributed by atoms with Crippen LogP contribution in [0.3, 0.4) is 0 Å². The second-order valence-corrected chi connectivity index (χ2v) is 2.39. The third-order valence-electron chi connectivity index (χ3n) is 1.35. The van der Waals surface area contributed by atoms with Gasteiger partial charge >= 0.3 is 0 Å². The Morgan fingerprint density at radius 3 is 3.09 bits per heavy atom. The van der Waals surface area contributed by atoms with E-state index in [1.165, 1.54) is 0 Å². The summed E-state index contributed by atoms with van der Waals surface area (Å²) >= 11 is 0. The van der Waals surface area contributed by atoms with Crippen LogP contribution in [0.15, 0.2) is 18.7 Å². The maximum absolute atomic E-state index is 5.12. The van der Waals surface area contributed by atoms with Crippen LogP contribution < -0.4 is 5.48 Å². The Hall–Kier alpha value is -0.870. The number of hydroxylamine groups is 1. The summed E-state index contributed by atoms with van der Waals surface area (Å²) in [6.45, 7) is 2.82. The van der Waals surface area contributed by atoms with Crippen LogP contribution >= 0.6 is 0 Å². The summed E-state index contributed by atoms with van der Waals surface area (Å²) in [7, 11) is 1.75. The minimum atomic E-state index is 0.161. The number of hydrogen-bond acceptors (Lipinski definition) is 3. The van der Waals surface area contributed by atoms with E-state index >= 15 is 0 Å². The topological polar surface area (TPSA) is 39.1 Å². The van der Waals surface area contributed by atoms with Crippen molar-refractivity contribution in [1.82, 2.24) is 15.0 Å². The minimum absolute atomic E-state index is 0.161. The third kappa shape index (κ3) is 2.69. The zero-order valence-corrected chi connectivity index (χ0v) is 6.82. The number of rotatable bonds is 4. The van der Waals surface area contributed by atoms with Crippen molar-refractivity contribution in [3.63, 3.8) is 0 Å². The van der Waals surface area contributed by atoms with Crippen molar-refractivity contribution in [2.24, 2.45) is 0 Å². The lowest BCUT2D eigenvalue weighted by atomic mass is 10.4. The highest BCUT2D eigenvalue weighted by Crippen LogP contribution is 1.93. The Morgan fingerprint density at radius 2 is 2.55 bits per heavy atom. The normalized spacial score (nSPS) is 13.3. The molecule has 1 heterocycles. The number of aromatic nitrogens is 2. The van der Waals surface area contributed by atoms with Gasteiger partial charge in [-0.05, 0) is 6.92 Å². The predicted octanol–water partition coefficient (Wildman–Crippen LogP) is 0.423. The van der Waals surface area contributed by atoms with Crippen LogP contribution in [-0.2, 0) is 11.4 Å². The van der Waals surface area contributed by atoms with Gasteiger partial charge in [0, 0.05) is 19.4 Å². The van der Waals surface area contributed by atoms with Gasteiger partial charge in [-0.1, -0.05) is 0 Å².